The quantitative estimate of drug-likeness (QED) is 0.905. The molecule has 1 heterocycles. The molecule has 1 aromatic carbocycles. The maximum Gasteiger partial charge on any atom is 0.416 e. The largest absolute Gasteiger partial charge is 0.455 e. The molecular weight excluding hydrogens is 281 g/mol. The van der Waals surface area contributed by atoms with E-state index >= 15 is 0 Å². The Hall–Kier alpha value is -2.08. The molecule has 3 nitrogen and oxygen atoms in total. The van der Waals surface area contributed by atoms with E-state index in [1.807, 2.05) is 6.92 Å². The highest BCUT2D eigenvalue weighted by atomic mass is 19.4. The predicted molar refractivity (Wildman–Crippen MR) is 73.1 cm³/mol. The molecule has 0 aliphatic heterocycles. The fraction of sp³-hybridized carbons (Fsp3) is 0.267. The summed E-state index contributed by atoms with van der Waals surface area (Å²) >= 11 is 0. The highest BCUT2D eigenvalue weighted by Crippen LogP contribution is 2.33. The summed E-state index contributed by atoms with van der Waals surface area (Å²) in [6.45, 7) is 3.31. The molecule has 2 rings (SSSR count). The summed E-state index contributed by atoms with van der Waals surface area (Å²) in [5.74, 6) is 0.577. The maximum atomic E-state index is 12.7. The average Bonchev–Trinajstić information content (AvgIpc) is 2.46. The van der Waals surface area contributed by atoms with Crippen LogP contribution in [0.2, 0.25) is 0 Å². The lowest BCUT2D eigenvalue weighted by atomic mass is 10.2. The third kappa shape index (κ3) is 4.19. The van der Waals surface area contributed by atoms with E-state index in [9.17, 15) is 13.2 Å². The molecule has 2 aromatic rings. The lowest BCUT2D eigenvalue weighted by Gasteiger charge is -2.12. The van der Waals surface area contributed by atoms with Gasteiger partial charge in [-0.15, -0.1) is 0 Å². The molecule has 0 amide bonds. The van der Waals surface area contributed by atoms with Crippen molar-refractivity contribution in [3.8, 4) is 11.5 Å². The fourth-order valence-corrected chi connectivity index (χ4v) is 1.77. The van der Waals surface area contributed by atoms with E-state index in [0.29, 0.717) is 12.3 Å². The number of alkyl halides is 3. The van der Waals surface area contributed by atoms with Crippen LogP contribution in [0.1, 0.15) is 18.1 Å². The Kier molecular flexibility index (Phi) is 4.80. The molecule has 0 atom stereocenters. The molecule has 21 heavy (non-hydrogen) atoms. The van der Waals surface area contributed by atoms with Crippen molar-refractivity contribution in [1.82, 2.24) is 10.3 Å². The number of ether oxygens (including phenoxy) is 1. The van der Waals surface area contributed by atoms with Gasteiger partial charge >= 0.3 is 6.18 Å². The maximum absolute atomic E-state index is 12.7. The number of pyridine rings is 1. The number of nitrogens with zero attached hydrogens (tertiary/aromatic N) is 1. The Morgan fingerprint density at radius 2 is 2.05 bits per heavy atom. The molecule has 1 aromatic heterocycles. The molecule has 1 N–H and O–H groups in total. The standard InChI is InChI=1S/C15H15F3N2O/c1-2-19-9-11-6-7-20-10-14(11)21-13-5-3-4-12(8-13)15(16,17)18/h3-8,10,19H,2,9H2,1H3. The molecule has 0 unspecified atom stereocenters. The average molecular weight is 296 g/mol. The van der Waals surface area contributed by atoms with Gasteiger partial charge in [0.05, 0.1) is 11.8 Å². The molecule has 0 aliphatic rings. The number of nitrogens with one attached hydrogen (secondary N) is 1. The van der Waals surface area contributed by atoms with Crippen LogP contribution in [0.5, 0.6) is 11.5 Å². The minimum atomic E-state index is -4.39. The Bertz CT molecular complexity index is 599. The van der Waals surface area contributed by atoms with Crippen molar-refractivity contribution in [3.05, 3.63) is 53.9 Å². The zero-order chi connectivity index (χ0) is 15.3. The summed E-state index contributed by atoms with van der Waals surface area (Å²) in [4.78, 5) is 3.95. The van der Waals surface area contributed by atoms with E-state index in [0.717, 1.165) is 24.2 Å². The Morgan fingerprint density at radius 3 is 2.76 bits per heavy atom. The highest BCUT2D eigenvalue weighted by molar-refractivity contribution is 5.37. The van der Waals surface area contributed by atoms with Crippen LogP contribution in [-0.4, -0.2) is 11.5 Å². The second-order valence-electron chi connectivity index (χ2n) is 4.39. The van der Waals surface area contributed by atoms with Crippen molar-refractivity contribution >= 4 is 0 Å². The van der Waals surface area contributed by atoms with Gasteiger partial charge in [0.1, 0.15) is 11.5 Å². The number of rotatable bonds is 5. The smallest absolute Gasteiger partial charge is 0.416 e. The lowest BCUT2D eigenvalue weighted by molar-refractivity contribution is -0.137. The first kappa shape index (κ1) is 15.3. The number of aromatic nitrogens is 1. The van der Waals surface area contributed by atoms with Gasteiger partial charge in [-0.3, -0.25) is 4.98 Å². The zero-order valence-electron chi connectivity index (χ0n) is 11.4. The lowest BCUT2D eigenvalue weighted by Crippen LogP contribution is -2.12. The predicted octanol–water partition coefficient (Wildman–Crippen LogP) is 4.00. The Labute approximate surface area is 120 Å². The molecule has 0 aliphatic carbocycles. The van der Waals surface area contributed by atoms with E-state index in [4.69, 9.17) is 4.74 Å². The summed E-state index contributed by atoms with van der Waals surface area (Å²) in [7, 11) is 0. The summed E-state index contributed by atoms with van der Waals surface area (Å²) in [5, 5.41) is 3.14. The van der Waals surface area contributed by atoms with Crippen molar-refractivity contribution in [1.29, 1.82) is 0 Å². The van der Waals surface area contributed by atoms with Crippen molar-refractivity contribution in [2.45, 2.75) is 19.6 Å². The first-order valence-electron chi connectivity index (χ1n) is 6.49. The van der Waals surface area contributed by atoms with Crippen molar-refractivity contribution in [3.63, 3.8) is 0 Å². The number of hydrogen-bond acceptors (Lipinski definition) is 3. The normalized spacial score (nSPS) is 11.4. The van der Waals surface area contributed by atoms with Gasteiger partial charge in [0.2, 0.25) is 0 Å². The van der Waals surface area contributed by atoms with Crippen LogP contribution in [0.4, 0.5) is 13.2 Å². The summed E-state index contributed by atoms with van der Waals surface area (Å²) < 4.78 is 43.6. The van der Waals surface area contributed by atoms with Crippen LogP contribution >= 0.6 is 0 Å². The fourth-order valence-electron chi connectivity index (χ4n) is 1.77. The molecule has 0 bridgehead atoms. The topological polar surface area (TPSA) is 34.2 Å². The highest BCUT2D eigenvalue weighted by Gasteiger charge is 2.30. The number of hydrogen-bond donors (Lipinski definition) is 1. The van der Waals surface area contributed by atoms with Gasteiger partial charge in [0, 0.05) is 18.3 Å². The van der Waals surface area contributed by atoms with E-state index < -0.39 is 11.7 Å². The second-order valence-corrected chi connectivity index (χ2v) is 4.39. The van der Waals surface area contributed by atoms with Crippen molar-refractivity contribution < 1.29 is 17.9 Å². The summed E-state index contributed by atoms with van der Waals surface area (Å²) in [5.41, 5.74) is 0.0985. The minimum Gasteiger partial charge on any atom is -0.455 e. The summed E-state index contributed by atoms with van der Waals surface area (Å²) in [6, 6.07) is 6.56. The molecule has 112 valence electrons. The van der Waals surface area contributed by atoms with Gasteiger partial charge in [0.15, 0.2) is 0 Å². The van der Waals surface area contributed by atoms with Crippen molar-refractivity contribution in [2.75, 3.05) is 6.54 Å². The van der Waals surface area contributed by atoms with Crippen LogP contribution in [0.15, 0.2) is 42.7 Å². The first-order chi connectivity index (χ1) is 10.0. The SMILES string of the molecule is CCNCc1ccncc1Oc1cccc(C(F)(F)F)c1. The third-order valence-electron chi connectivity index (χ3n) is 2.82. The second kappa shape index (κ2) is 6.58. The minimum absolute atomic E-state index is 0.135. The van der Waals surface area contributed by atoms with Crippen molar-refractivity contribution in [2.24, 2.45) is 0 Å². The van der Waals surface area contributed by atoms with Crippen LogP contribution < -0.4 is 10.1 Å². The molecule has 0 spiro atoms. The molecule has 6 heteroatoms. The van der Waals surface area contributed by atoms with Gasteiger partial charge in [-0.25, -0.2) is 0 Å². The van der Waals surface area contributed by atoms with E-state index in [1.165, 1.54) is 18.3 Å². The molecule has 0 saturated carbocycles. The van der Waals surface area contributed by atoms with E-state index in [1.54, 1.807) is 12.3 Å². The number of halogens is 3. The van der Waals surface area contributed by atoms with Gasteiger partial charge in [0.25, 0.3) is 0 Å². The van der Waals surface area contributed by atoms with Crippen LogP contribution in [0.25, 0.3) is 0 Å². The van der Waals surface area contributed by atoms with E-state index in [-0.39, 0.29) is 5.75 Å². The van der Waals surface area contributed by atoms with Gasteiger partial charge in [-0.1, -0.05) is 13.0 Å². The molecule has 0 radical (unpaired) electrons. The zero-order valence-corrected chi connectivity index (χ0v) is 11.4. The van der Waals surface area contributed by atoms with E-state index in [2.05, 4.69) is 10.3 Å². The Balaban J connectivity index is 2.22. The van der Waals surface area contributed by atoms with Gasteiger partial charge < -0.3 is 10.1 Å². The van der Waals surface area contributed by atoms with Gasteiger partial charge in [-0.2, -0.15) is 13.2 Å². The first-order valence-corrected chi connectivity index (χ1v) is 6.49. The molecule has 0 saturated heterocycles. The van der Waals surface area contributed by atoms with Gasteiger partial charge in [-0.05, 0) is 30.8 Å². The molecule has 0 fully saturated rings. The number of benzene rings is 1. The third-order valence-corrected chi connectivity index (χ3v) is 2.82. The van der Waals surface area contributed by atoms with Crippen LogP contribution in [0, 0.1) is 0 Å². The Morgan fingerprint density at radius 1 is 1.24 bits per heavy atom. The monoisotopic (exact) mass is 296 g/mol. The van der Waals surface area contributed by atoms with Crippen LogP contribution in [-0.2, 0) is 12.7 Å². The summed E-state index contributed by atoms with van der Waals surface area (Å²) in [6.07, 6.45) is -1.28. The van der Waals surface area contributed by atoms with Crippen LogP contribution in [0.3, 0.4) is 0 Å². The molecular formula is C15H15F3N2O.